The van der Waals surface area contributed by atoms with E-state index in [2.05, 4.69) is 55.7 Å². The normalized spacial score (nSPS) is 12.8. The highest BCUT2D eigenvalue weighted by Gasteiger charge is 2.17. The van der Waals surface area contributed by atoms with E-state index in [1.807, 2.05) is 30.3 Å². The summed E-state index contributed by atoms with van der Waals surface area (Å²) in [4.78, 5) is 12.5. The summed E-state index contributed by atoms with van der Waals surface area (Å²) in [7, 11) is 0. The number of aryl methyl sites for hydroxylation is 2. The van der Waals surface area contributed by atoms with Crippen LogP contribution in [0.1, 0.15) is 47.8 Å². The summed E-state index contributed by atoms with van der Waals surface area (Å²) in [5, 5.41) is 8.78. The van der Waals surface area contributed by atoms with Crippen molar-refractivity contribution in [2.75, 3.05) is 5.32 Å². The van der Waals surface area contributed by atoms with Crippen LogP contribution < -0.4 is 10.6 Å². The second-order valence-corrected chi connectivity index (χ2v) is 8.76. The minimum absolute atomic E-state index is 0.0572. The van der Waals surface area contributed by atoms with Crippen molar-refractivity contribution in [2.45, 2.75) is 39.0 Å². The number of hydrogen-bond donors (Lipinski definition) is 2. The smallest absolute Gasteiger partial charge is 0.257 e. The third-order valence-electron chi connectivity index (χ3n) is 5.37. The molecule has 3 nitrogen and oxygen atoms in total. The lowest BCUT2D eigenvalue weighted by molar-refractivity contribution is 0.0977. The van der Waals surface area contributed by atoms with Gasteiger partial charge in [-0.25, -0.2) is 0 Å². The first-order chi connectivity index (χ1) is 13.3. The van der Waals surface area contributed by atoms with E-state index in [9.17, 15) is 4.79 Å². The monoisotopic (exact) mass is 388 g/mol. The molecule has 0 radical (unpaired) electrons. The predicted octanol–water partition coefficient (Wildman–Crippen LogP) is 5.36. The molecule has 0 unspecified atom stereocenters. The Balaban J connectivity index is 1.49. The Hall–Kier alpha value is -2.72. The highest BCUT2D eigenvalue weighted by Crippen LogP contribution is 2.35. The van der Waals surface area contributed by atoms with Crippen LogP contribution in [0.25, 0.3) is 10.8 Å². The van der Waals surface area contributed by atoms with Crippen LogP contribution in [0.3, 0.4) is 0 Å². The number of carbonyl (C=O) groups is 1. The maximum Gasteiger partial charge on any atom is 0.257 e. The van der Waals surface area contributed by atoms with Gasteiger partial charge in [0.2, 0.25) is 0 Å². The predicted molar refractivity (Wildman–Crippen MR) is 120 cm³/mol. The summed E-state index contributed by atoms with van der Waals surface area (Å²) in [6, 6.07) is 18.2. The molecule has 0 atom stereocenters. The molecule has 0 spiro atoms. The molecule has 0 aromatic heterocycles. The summed E-state index contributed by atoms with van der Waals surface area (Å²) >= 11 is 5.40. The Kier molecular flexibility index (Phi) is 4.68. The largest absolute Gasteiger partial charge is 0.332 e. The quantitative estimate of drug-likeness (QED) is 0.581. The van der Waals surface area contributed by atoms with Crippen LogP contribution in [-0.4, -0.2) is 11.0 Å². The Bertz CT molecular complexity index is 1070. The number of nitrogens with one attached hydrogen (secondary N) is 2. The van der Waals surface area contributed by atoms with E-state index < -0.39 is 0 Å². The van der Waals surface area contributed by atoms with Gasteiger partial charge in [0.05, 0.1) is 0 Å². The van der Waals surface area contributed by atoms with Crippen LogP contribution in [0, 0.1) is 0 Å². The van der Waals surface area contributed by atoms with E-state index in [1.54, 1.807) is 0 Å². The second-order valence-electron chi connectivity index (χ2n) is 8.35. The van der Waals surface area contributed by atoms with Crippen molar-refractivity contribution in [2.24, 2.45) is 0 Å². The standard InChI is InChI=1S/C24H24N2OS/c1-24(2,3)18-12-9-17(10-13-18)22(27)26-23(28)25-20-14-11-16-8-7-15-5-4-6-19(20)21(15)16/h4-6,9-14H,7-8H2,1-3H3,(H2,25,26,27,28). The Morgan fingerprint density at radius 3 is 2.29 bits per heavy atom. The number of rotatable bonds is 2. The van der Waals surface area contributed by atoms with Gasteiger partial charge < -0.3 is 5.32 Å². The minimum Gasteiger partial charge on any atom is -0.332 e. The molecule has 4 rings (SSSR count). The average Bonchev–Trinajstić information content (AvgIpc) is 3.08. The first kappa shape index (κ1) is 18.6. The topological polar surface area (TPSA) is 41.1 Å². The fraction of sp³-hybridized carbons (Fsp3) is 0.250. The van der Waals surface area contributed by atoms with E-state index in [-0.39, 0.29) is 11.3 Å². The van der Waals surface area contributed by atoms with Crippen LogP contribution in [0.5, 0.6) is 0 Å². The van der Waals surface area contributed by atoms with Crippen molar-refractivity contribution in [3.05, 3.63) is 76.9 Å². The summed E-state index contributed by atoms with van der Waals surface area (Å²) in [6.07, 6.45) is 2.17. The van der Waals surface area contributed by atoms with Gasteiger partial charge in [0.25, 0.3) is 5.91 Å². The van der Waals surface area contributed by atoms with Gasteiger partial charge in [-0.1, -0.05) is 57.2 Å². The molecular formula is C24H24N2OS. The molecule has 4 heteroatoms. The van der Waals surface area contributed by atoms with E-state index in [1.165, 1.54) is 22.1 Å². The molecule has 0 heterocycles. The zero-order valence-electron chi connectivity index (χ0n) is 16.4. The molecule has 1 amide bonds. The molecule has 142 valence electrons. The summed E-state index contributed by atoms with van der Waals surface area (Å²) < 4.78 is 0. The third-order valence-corrected chi connectivity index (χ3v) is 5.57. The van der Waals surface area contributed by atoms with E-state index >= 15 is 0 Å². The maximum absolute atomic E-state index is 12.5. The van der Waals surface area contributed by atoms with E-state index in [0.29, 0.717) is 10.7 Å². The number of benzene rings is 3. The molecule has 1 aliphatic rings. The first-order valence-electron chi connectivity index (χ1n) is 9.59. The molecule has 0 fully saturated rings. The third kappa shape index (κ3) is 3.52. The van der Waals surface area contributed by atoms with E-state index in [4.69, 9.17) is 12.2 Å². The Morgan fingerprint density at radius 1 is 0.929 bits per heavy atom. The fourth-order valence-electron chi connectivity index (χ4n) is 3.81. The molecular weight excluding hydrogens is 364 g/mol. The zero-order valence-corrected chi connectivity index (χ0v) is 17.2. The average molecular weight is 389 g/mol. The Labute approximate surface area is 171 Å². The first-order valence-corrected chi connectivity index (χ1v) is 10.00. The summed E-state index contributed by atoms with van der Waals surface area (Å²) in [6.45, 7) is 6.46. The number of anilines is 1. The lowest BCUT2D eigenvalue weighted by Crippen LogP contribution is -2.34. The lowest BCUT2D eigenvalue weighted by atomic mass is 9.87. The van der Waals surface area contributed by atoms with Gasteiger partial charge in [0, 0.05) is 16.6 Å². The molecule has 0 saturated heterocycles. The summed E-state index contributed by atoms with van der Waals surface area (Å²) in [5.74, 6) is -0.205. The molecule has 3 aromatic carbocycles. The molecule has 0 bridgehead atoms. The van der Waals surface area contributed by atoms with Crippen LogP contribution in [0.2, 0.25) is 0 Å². The molecule has 1 aliphatic carbocycles. The van der Waals surface area contributed by atoms with Crippen molar-refractivity contribution in [1.29, 1.82) is 0 Å². The van der Waals surface area contributed by atoms with Gasteiger partial charge in [0.15, 0.2) is 5.11 Å². The van der Waals surface area contributed by atoms with Gasteiger partial charge >= 0.3 is 0 Å². The van der Waals surface area contributed by atoms with Gasteiger partial charge in [0.1, 0.15) is 0 Å². The van der Waals surface area contributed by atoms with Gasteiger partial charge in [-0.2, -0.15) is 0 Å². The number of carbonyl (C=O) groups excluding carboxylic acids is 1. The van der Waals surface area contributed by atoms with Gasteiger partial charge in [-0.3, -0.25) is 10.1 Å². The van der Waals surface area contributed by atoms with Crippen molar-refractivity contribution < 1.29 is 4.79 Å². The van der Waals surface area contributed by atoms with Crippen LogP contribution >= 0.6 is 12.2 Å². The van der Waals surface area contributed by atoms with Crippen molar-refractivity contribution in [1.82, 2.24) is 5.32 Å². The fourth-order valence-corrected chi connectivity index (χ4v) is 4.01. The lowest BCUT2D eigenvalue weighted by Gasteiger charge is -2.19. The van der Waals surface area contributed by atoms with Crippen molar-refractivity contribution >= 4 is 39.7 Å². The highest BCUT2D eigenvalue weighted by molar-refractivity contribution is 7.80. The SMILES string of the molecule is CC(C)(C)c1ccc(C(=O)NC(=S)Nc2ccc3c4c(cccc24)CC3)cc1. The molecule has 28 heavy (non-hydrogen) atoms. The second kappa shape index (κ2) is 7.02. The molecule has 0 aliphatic heterocycles. The zero-order chi connectivity index (χ0) is 19.9. The maximum atomic E-state index is 12.5. The number of thiocarbonyl (C=S) groups is 1. The number of amides is 1. The van der Waals surface area contributed by atoms with E-state index in [0.717, 1.165) is 23.9 Å². The van der Waals surface area contributed by atoms with Gasteiger partial charge in [-0.05, 0) is 70.8 Å². The molecule has 2 N–H and O–H groups in total. The van der Waals surface area contributed by atoms with Gasteiger partial charge in [-0.15, -0.1) is 0 Å². The van der Waals surface area contributed by atoms with Crippen LogP contribution in [-0.2, 0) is 18.3 Å². The van der Waals surface area contributed by atoms with Crippen LogP contribution in [0.4, 0.5) is 5.69 Å². The minimum atomic E-state index is -0.205. The summed E-state index contributed by atoms with van der Waals surface area (Å²) in [5.41, 5.74) is 5.53. The number of hydrogen-bond acceptors (Lipinski definition) is 2. The molecule has 0 saturated carbocycles. The molecule has 3 aromatic rings. The van der Waals surface area contributed by atoms with Crippen molar-refractivity contribution in [3.63, 3.8) is 0 Å². The van der Waals surface area contributed by atoms with Crippen LogP contribution in [0.15, 0.2) is 54.6 Å². The highest BCUT2D eigenvalue weighted by atomic mass is 32.1. The van der Waals surface area contributed by atoms with Crippen molar-refractivity contribution in [3.8, 4) is 0 Å². The Morgan fingerprint density at radius 2 is 1.61 bits per heavy atom.